The standard InChI is InChI=1S/C27H28BrN3O4S/c28-16-8-10-18(11-9-16)29-24(32)21-20-12-13-27(35-20)22(21)26(34)31(15-19-7-4-14-36-19)23(27)25(33)30-17-5-2-1-3-6-17/h4,7-14,17,20-23H,1-3,5-6,15H2,(H,29,32)(H,30,33)/t20-,21+,22-,23-,27-/m1/s1. The van der Waals surface area contributed by atoms with E-state index in [4.69, 9.17) is 4.74 Å². The molecule has 2 N–H and O–H groups in total. The third-order valence-electron chi connectivity index (χ3n) is 7.89. The summed E-state index contributed by atoms with van der Waals surface area (Å²) in [6.07, 6.45) is 8.46. The lowest BCUT2D eigenvalue weighted by Gasteiger charge is -2.34. The van der Waals surface area contributed by atoms with Crippen molar-refractivity contribution < 1.29 is 19.1 Å². The number of nitrogens with zero attached hydrogens (tertiary/aromatic N) is 1. The molecule has 2 aromatic rings. The maximum atomic E-state index is 14.0. The zero-order chi connectivity index (χ0) is 24.9. The van der Waals surface area contributed by atoms with Crippen molar-refractivity contribution in [3.8, 4) is 0 Å². The van der Waals surface area contributed by atoms with E-state index in [9.17, 15) is 14.4 Å². The number of fused-ring (bicyclic) bond motifs is 1. The fraction of sp³-hybridized carbons (Fsp3) is 0.444. The molecule has 6 rings (SSSR count). The largest absolute Gasteiger partial charge is 0.359 e. The molecule has 3 fully saturated rings. The van der Waals surface area contributed by atoms with Gasteiger partial charge in [-0.25, -0.2) is 0 Å². The van der Waals surface area contributed by atoms with Crippen molar-refractivity contribution in [1.82, 2.24) is 10.2 Å². The average molecular weight is 571 g/mol. The third kappa shape index (κ3) is 4.01. The Hall–Kier alpha value is -2.49. The summed E-state index contributed by atoms with van der Waals surface area (Å²) in [5, 5.41) is 8.14. The van der Waals surface area contributed by atoms with Crippen molar-refractivity contribution >= 4 is 50.7 Å². The van der Waals surface area contributed by atoms with Gasteiger partial charge in [-0.05, 0) is 48.6 Å². The van der Waals surface area contributed by atoms with Crippen molar-refractivity contribution in [3.05, 3.63) is 63.3 Å². The predicted molar refractivity (Wildman–Crippen MR) is 140 cm³/mol. The van der Waals surface area contributed by atoms with Crippen LogP contribution >= 0.6 is 27.3 Å². The molecule has 2 saturated heterocycles. The van der Waals surface area contributed by atoms with Crippen LogP contribution in [0.5, 0.6) is 0 Å². The summed E-state index contributed by atoms with van der Waals surface area (Å²) in [5.74, 6) is -2.10. The molecule has 5 atom stereocenters. The Kier molecular flexibility index (Phi) is 6.25. The number of carbonyl (C=O) groups is 3. The first-order valence-corrected chi connectivity index (χ1v) is 14.2. The molecule has 1 aromatic carbocycles. The Balaban J connectivity index is 1.31. The highest BCUT2D eigenvalue weighted by molar-refractivity contribution is 9.10. The molecule has 36 heavy (non-hydrogen) atoms. The summed E-state index contributed by atoms with van der Waals surface area (Å²) in [6, 6.07) is 10.5. The van der Waals surface area contributed by atoms with Gasteiger partial charge < -0.3 is 20.3 Å². The highest BCUT2D eigenvalue weighted by atomic mass is 79.9. The van der Waals surface area contributed by atoms with Crippen molar-refractivity contribution in [1.29, 1.82) is 0 Å². The SMILES string of the molecule is O=C(Nc1ccc(Br)cc1)[C@H]1[C@H]2C=C[C@@]3(O2)[C@H]1C(=O)N(Cc1cccs1)[C@@H]3C(=O)NC1CCCCC1. The number of thiophene rings is 1. The van der Waals surface area contributed by atoms with Crippen LogP contribution in [0.25, 0.3) is 0 Å². The highest BCUT2D eigenvalue weighted by Crippen LogP contribution is 2.55. The molecule has 1 aromatic heterocycles. The Morgan fingerprint density at radius 1 is 1.11 bits per heavy atom. The minimum atomic E-state index is -1.14. The number of ether oxygens (including phenoxy) is 1. The molecule has 3 amide bonds. The maximum absolute atomic E-state index is 14.0. The van der Waals surface area contributed by atoms with E-state index in [1.165, 1.54) is 6.42 Å². The van der Waals surface area contributed by atoms with Gasteiger partial charge in [-0.15, -0.1) is 11.3 Å². The minimum Gasteiger partial charge on any atom is -0.359 e. The normalized spacial score (nSPS) is 31.0. The van der Waals surface area contributed by atoms with Crippen LogP contribution in [0, 0.1) is 11.8 Å². The van der Waals surface area contributed by atoms with Crippen LogP contribution in [-0.2, 0) is 25.7 Å². The molecule has 7 nitrogen and oxygen atoms in total. The van der Waals surface area contributed by atoms with Gasteiger partial charge in [-0.3, -0.25) is 14.4 Å². The van der Waals surface area contributed by atoms with E-state index < -0.39 is 29.6 Å². The molecule has 0 radical (unpaired) electrons. The number of carbonyl (C=O) groups excluding carboxylic acids is 3. The molecule has 3 aliphatic heterocycles. The van der Waals surface area contributed by atoms with Crippen LogP contribution in [-0.4, -0.2) is 46.4 Å². The molecular weight excluding hydrogens is 542 g/mol. The summed E-state index contributed by atoms with van der Waals surface area (Å²) in [6.45, 7) is 0.320. The van der Waals surface area contributed by atoms with Crippen LogP contribution in [0.3, 0.4) is 0 Å². The van der Waals surface area contributed by atoms with E-state index in [1.807, 2.05) is 53.9 Å². The minimum absolute atomic E-state index is 0.111. The second-order valence-electron chi connectivity index (χ2n) is 10.1. The Bertz CT molecular complexity index is 1190. The van der Waals surface area contributed by atoms with E-state index >= 15 is 0 Å². The molecule has 1 spiro atoms. The van der Waals surface area contributed by atoms with E-state index in [1.54, 1.807) is 16.2 Å². The van der Waals surface area contributed by atoms with Gasteiger partial charge in [0.25, 0.3) is 0 Å². The molecule has 2 bridgehead atoms. The number of halogens is 1. The van der Waals surface area contributed by atoms with Crippen molar-refractivity contribution in [2.75, 3.05) is 5.32 Å². The van der Waals surface area contributed by atoms with Crippen molar-refractivity contribution in [2.24, 2.45) is 11.8 Å². The van der Waals surface area contributed by atoms with Gasteiger partial charge in [0, 0.05) is 21.1 Å². The Labute approximate surface area is 222 Å². The molecule has 0 unspecified atom stereocenters. The van der Waals surface area contributed by atoms with E-state index in [0.29, 0.717) is 12.2 Å². The van der Waals surface area contributed by atoms with Gasteiger partial charge >= 0.3 is 0 Å². The fourth-order valence-corrected chi connectivity index (χ4v) is 7.26. The van der Waals surface area contributed by atoms with Crippen LogP contribution in [0.2, 0.25) is 0 Å². The van der Waals surface area contributed by atoms with E-state index in [0.717, 1.165) is 35.0 Å². The second kappa shape index (κ2) is 9.43. The zero-order valence-corrected chi connectivity index (χ0v) is 22.1. The topological polar surface area (TPSA) is 87.7 Å². The number of hydrogen-bond donors (Lipinski definition) is 2. The van der Waals surface area contributed by atoms with Gasteiger partial charge in [-0.1, -0.05) is 53.4 Å². The highest BCUT2D eigenvalue weighted by Gasteiger charge is 2.72. The average Bonchev–Trinajstić information content (AvgIpc) is 3.64. The second-order valence-corrected chi connectivity index (χ2v) is 12.0. The number of nitrogens with one attached hydrogen (secondary N) is 2. The van der Waals surface area contributed by atoms with Crippen molar-refractivity contribution in [2.45, 2.75) is 62.4 Å². The first-order chi connectivity index (χ1) is 17.5. The molecular formula is C27H28BrN3O4S. The molecule has 1 saturated carbocycles. The predicted octanol–water partition coefficient (Wildman–Crippen LogP) is 4.25. The van der Waals surface area contributed by atoms with Gasteiger partial charge in [0.05, 0.1) is 24.5 Å². The lowest BCUT2D eigenvalue weighted by molar-refractivity contribution is -0.142. The Morgan fingerprint density at radius 2 is 1.89 bits per heavy atom. The van der Waals surface area contributed by atoms with Crippen LogP contribution in [0.4, 0.5) is 5.69 Å². The van der Waals surface area contributed by atoms with Gasteiger partial charge in [0.2, 0.25) is 17.7 Å². The van der Waals surface area contributed by atoms with E-state index in [-0.39, 0.29) is 23.8 Å². The first kappa shape index (κ1) is 23.9. The van der Waals surface area contributed by atoms with E-state index in [2.05, 4.69) is 26.6 Å². The van der Waals surface area contributed by atoms with Crippen LogP contribution in [0.1, 0.15) is 37.0 Å². The quantitative estimate of drug-likeness (QED) is 0.509. The number of benzene rings is 1. The van der Waals surface area contributed by atoms with Crippen molar-refractivity contribution in [3.63, 3.8) is 0 Å². The summed E-state index contributed by atoms with van der Waals surface area (Å²) in [7, 11) is 0. The monoisotopic (exact) mass is 569 g/mol. The Morgan fingerprint density at radius 3 is 2.61 bits per heavy atom. The molecule has 4 aliphatic rings. The number of likely N-dealkylation sites (tertiary alicyclic amines) is 1. The fourth-order valence-electron chi connectivity index (χ4n) is 6.29. The zero-order valence-electron chi connectivity index (χ0n) is 19.7. The first-order valence-electron chi connectivity index (χ1n) is 12.5. The maximum Gasteiger partial charge on any atom is 0.246 e. The molecule has 188 valence electrons. The number of anilines is 1. The van der Waals surface area contributed by atoms with Gasteiger partial charge in [0.1, 0.15) is 11.6 Å². The number of hydrogen-bond acceptors (Lipinski definition) is 5. The lowest BCUT2D eigenvalue weighted by Crippen LogP contribution is -2.56. The van der Waals surface area contributed by atoms with Crippen LogP contribution < -0.4 is 10.6 Å². The van der Waals surface area contributed by atoms with Crippen LogP contribution in [0.15, 0.2) is 58.4 Å². The summed E-state index contributed by atoms with van der Waals surface area (Å²) < 4.78 is 7.33. The number of amides is 3. The summed E-state index contributed by atoms with van der Waals surface area (Å²) in [5.41, 5.74) is -0.490. The third-order valence-corrected chi connectivity index (χ3v) is 9.28. The smallest absolute Gasteiger partial charge is 0.246 e. The molecule has 4 heterocycles. The lowest BCUT2D eigenvalue weighted by atomic mass is 9.74. The van der Waals surface area contributed by atoms with Gasteiger partial charge in [-0.2, -0.15) is 0 Å². The molecule has 1 aliphatic carbocycles. The summed E-state index contributed by atoms with van der Waals surface area (Å²) in [4.78, 5) is 43.9. The summed E-state index contributed by atoms with van der Waals surface area (Å²) >= 11 is 4.95. The molecule has 9 heteroatoms. The van der Waals surface area contributed by atoms with Gasteiger partial charge in [0.15, 0.2) is 0 Å². The number of rotatable bonds is 6.